The highest BCUT2D eigenvalue weighted by atomic mass is 19.1. The molecule has 3 nitrogen and oxygen atoms in total. The Morgan fingerprint density at radius 1 is 1.24 bits per heavy atom. The van der Waals surface area contributed by atoms with Crippen LogP contribution in [0.25, 0.3) is 0 Å². The highest BCUT2D eigenvalue weighted by Crippen LogP contribution is 2.48. The van der Waals surface area contributed by atoms with Crippen molar-refractivity contribution in [2.24, 2.45) is 0 Å². The van der Waals surface area contributed by atoms with Gasteiger partial charge in [0.2, 0.25) is 5.91 Å². The van der Waals surface area contributed by atoms with Crippen LogP contribution in [0.15, 0.2) is 24.3 Å². The SMILES string of the molecule is CCCCOCCCNC(=O)C1(c2ccc(F)cc2)CC1. The molecule has 0 atom stereocenters. The summed E-state index contributed by atoms with van der Waals surface area (Å²) in [6.45, 7) is 4.25. The molecule has 2 rings (SSSR count). The van der Waals surface area contributed by atoms with Gasteiger partial charge in [0.05, 0.1) is 5.41 Å². The fourth-order valence-electron chi connectivity index (χ4n) is 2.43. The van der Waals surface area contributed by atoms with Crippen LogP contribution in [-0.2, 0) is 14.9 Å². The minimum absolute atomic E-state index is 0.0580. The van der Waals surface area contributed by atoms with Gasteiger partial charge in [-0.05, 0) is 43.4 Å². The molecule has 1 aliphatic rings. The second kappa shape index (κ2) is 7.55. The van der Waals surface area contributed by atoms with E-state index in [-0.39, 0.29) is 11.7 Å². The lowest BCUT2D eigenvalue weighted by Crippen LogP contribution is -2.35. The van der Waals surface area contributed by atoms with Crippen molar-refractivity contribution in [3.63, 3.8) is 0 Å². The first-order valence-corrected chi connectivity index (χ1v) is 7.81. The van der Waals surface area contributed by atoms with Gasteiger partial charge in [-0.1, -0.05) is 25.5 Å². The van der Waals surface area contributed by atoms with Gasteiger partial charge in [-0.25, -0.2) is 4.39 Å². The standard InChI is InChI=1S/C17H24FNO2/c1-2-3-12-21-13-4-11-19-16(20)17(9-10-17)14-5-7-15(18)8-6-14/h5-8H,2-4,9-13H2,1H3,(H,19,20). The minimum atomic E-state index is -0.420. The van der Waals surface area contributed by atoms with E-state index in [2.05, 4.69) is 12.2 Å². The second-order valence-electron chi connectivity index (χ2n) is 5.66. The molecule has 0 aromatic heterocycles. The Labute approximate surface area is 125 Å². The van der Waals surface area contributed by atoms with E-state index in [1.807, 2.05) is 0 Å². The number of nitrogens with one attached hydrogen (secondary N) is 1. The highest BCUT2D eigenvalue weighted by Gasteiger charge is 2.50. The summed E-state index contributed by atoms with van der Waals surface area (Å²) in [6.07, 6.45) is 4.74. The molecule has 0 unspecified atom stereocenters. The van der Waals surface area contributed by atoms with E-state index < -0.39 is 5.41 Å². The minimum Gasteiger partial charge on any atom is -0.381 e. The number of halogens is 1. The van der Waals surface area contributed by atoms with Gasteiger partial charge in [0.15, 0.2) is 0 Å². The van der Waals surface area contributed by atoms with Crippen LogP contribution in [0.1, 0.15) is 44.6 Å². The van der Waals surface area contributed by atoms with Crippen LogP contribution in [0.5, 0.6) is 0 Å². The van der Waals surface area contributed by atoms with Crippen LogP contribution >= 0.6 is 0 Å². The normalized spacial score (nSPS) is 15.7. The number of benzene rings is 1. The van der Waals surface area contributed by atoms with Crippen LogP contribution in [0.4, 0.5) is 4.39 Å². The Kier molecular flexibility index (Phi) is 5.74. The quantitative estimate of drug-likeness (QED) is 0.710. The molecule has 116 valence electrons. The fourth-order valence-corrected chi connectivity index (χ4v) is 2.43. The summed E-state index contributed by atoms with van der Waals surface area (Å²) >= 11 is 0. The zero-order valence-corrected chi connectivity index (χ0v) is 12.7. The van der Waals surface area contributed by atoms with Crippen molar-refractivity contribution in [2.75, 3.05) is 19.8 Å². The van der Waals surface area contributed by atoms with E-state index in [4.69, 9.17) is 4.74 Å². The number of hydrogen-bond donors (Lipinski definition) is 1. The first-order chi connectivity index (χ1) is 10.2. The number of carbonyl (C=O) groups excluding carboxylic acids is 1. The number of unbranched alkanes of at least 4 members (excludes halogenated alkanes) is 1. The first kappa shape index (κ1) is 16.0. The Morgan fingerprint density at radius 3 is 2.52 bits per heavy atom. The van der Waals surface area contributed by atoms with Crippen molar-refractivity contribution >= 4 is 5.91 Å². The Morgan fingerprint density at radius 2 is 1.90 bits per heavy atom. The number of carbonyl (C=O) groups is 1. The highest BCUT2D eigenvalue weighted by molar-refractivity contribution is 5.91. The van der Waals surface area contributed by atoms with Gasteiger partial charge in [0.1, 0.15) is 5.82 Å². The molecule has 0 radical (unpaired) electrons. The summed E-state index contributed by atoms with van der Waals surface area (Å²) in [5.74, 6) is -0.207. The maximum absolute atomic E-state index is 13.0. The van der Waals surface area contributed by atoms with E-state index >= 15 is 0 Å². The van der Waals surface area contributed by atoms with Crippen LogP contribution in [0.3, 0.4) is 0 Å². The zero-order chi connectivity index (χ0) is 15.1. The molecule has 0 saturated heterocycles. The number of ether oxygens (including phenoxy) is 1. The van der Waals surface area contributed by atoms with E-state index in [0.29, 0.717) is 13.2 Å². The van der Waals surface area contributed by atoms with Crippen LogP contribution in [0, 0.1) is 5.82 Å². The molecule has 21 heavy (non-hydrogen) atoms. The Bertz CT molecular complexity index is 454. The number of amides is 1. The predicted molar refractivity (Wildman–Crippen MR) is 80.7 cm³/mol. The molecule has 0 heterocycles. The smallest absolute Gasteiger partial charge is 0.230 e. The average molecular weight is 293 g/mol. The summed E-state index contributed by atoms with van der Waals surface area (Å²) in [7, 11) is 0. The van der Waals surface area contributed by atoms with E-state index in [9.17, 15) is 9.18 Å². The monoisotopic (exact) mass is 293 g/mol. The third kappa shape index (κ3) is 4.27. The molecule has 1 saturated carbocycles. The van der Waals surface area contributed by atoms with Gasteiger partial charge in [-0.2, -0.15) is 0 Å². The lowest BCUT2D eigenvalue weighted by molar-refractivity contribution is -0.123. The average Bonchev–Trinajstić information content (AvgIpc) is 3.28. The van der Waals surface area contributed by atoms with E-state index in [0.717, 1.165) is 44.3 Å². The molecular weight excluding hydrogens is 269 g/mol. The summed E-state index contributed by atoms with van der Waals surface area (Å²) in [5.41, 5.74) is 0.497. The van der Waals surface area contributed by atoms with Gasteiger partial charge < -0.3 is 10.1 Å². The van der Waals surface area contributed by atoms with E-state index in [1.165, 1.54) is 12.1 Å². The Hall–Kier alpha value is -1.42. The van der Waals surface area contributed by atoms with Crippen molar-refractivity contribution < 1.29 is 13.9 Å². The lowest BCUT2D eigenvalue weighted by atomic mass is 9.95. The first-order valence-electron chi connectivity index (χ1n) is 7.81. The van der Waals surface area contributed by atoms with Gasteiger partial charge in [-0.3, -0.25) is 4.79 Å². The van der Waals surface area contributed by atoms with Crippen molar-refractivity contribution in [3.05, 3.63) is 35.6 Å². The van der Waals surface area contributed by atoms with Gasteiger partial charge in [0.25, 0.3) is 0 Å². The number of hydrogen-bond acceptors (Lipinski definition) is 2. The summed E-state index contributed by atoms with van der Waals surface area (Å²) in [6, 6.07) is 6.28. The molecule has 1 N–H and O–H groups in total. The van der Waals surface area contributed by atoms with Crippen molar-refractivity contribution in [2.45, 2.75) is 44.4 Å². The molecular formula is C17H24FNO2. The third-order valence-electron chi connectivity index (χ3n) is 3.97. The second-order valence-corrected chi connectivity index (χ2v) is 5.66. The fraction of sp³-hybridized carbons (Fsp3) is 0.588. The molecule has 1 amide bonds. The van der Waals surface area contributed by atoms with Crippen LogP contribution in [0.2, 0.25) is 0 Å². The molecule has 0 spiro atoms. The summed E-state index contributed by atoms with van der Waals surface area (Å²) < 4.78 is 18.4. The molecule has 0 bridgehead atoms. The predicted octanol–water partition coefficient (Wildman–Crippen LogP) is 3.18. The lowest BCUT2D eigenvalue weighted by Gasteiger charge is -2.15. The molecule has 1 aliphatic carbocycles. The molecule has 4 heteroatoms. The van der Waals surface area contributed by atoms with Crippen molar-refractivity contribution in [1.82, 2.24) is 5.32 Å². The molecule has 1 fully saturated rings. The maximum atomic E-state index is 13.0. The molecule has 0 aliphatic heterocycles. The molecule has 1 aromatic carbocycles. The third-order valence-corrected chi connectivity index (χ3v) is 3.97. The molecule has 1 aromatic rings. The van der Waals surface area contributed by atoms with Gasteiger partial charge in [0, 0.05) is 19.8 Å². The van der Waals surface area contributed by atoms with Crippen molar-refractivity contribution in [1.29, 1.82) is 0 Å². The van der Waals surface area contributed by atoms with Crippen LogP contribution < -0.4 is 5.32 Å². The zero-order valence-electron chi connectivity index (χ0n) is 12.7. The number of rotatable bonds is 9. The van der Waals surface area contributed by atoms with Gasteiger partial charge >= 0.3 is 0 Å². The van der Waals surface area contributed by atoms with Gasteiger partial charge in [-0.15, -0.1) is 0 Å². The van der Waals surface area contributed by atoms with Crippen LogP contribution in [-0.4, -0.2) is 25.7 Å². The topological polar surface area (TPSA) is 38.3 Å². The summed E-state index contributed by atoms with van der Waals surface area (Å²) in [5, 5.41) is 2.98. The largest absolute Gasteiger partial charge is 0.381 e. The maximum Gasteiger partial charge on any atom is 0.230 e. The summed E-state index contributed by atoms with van der Waals surface area (Å²) in [4.78, 5) is 12.3. The van der Waals surface area contributed by atoms with Crippen molar-refractivity contribution in [3.8, 4) is 0 Å². The van der Waals surface area contributed by atoms with E-state index in [1.54, 1.807) is 12.1 Å². The Balaban J connectivity index is 1.72.